The van der Waals surface area contributed by atoms with Gasteiger partial charge in [-0.1, -0.05) is 6.07 Å². The average molecular weight is 377 g/mol. The van der Waals surface area contributed by atoms with Gasteiger partial charge in [0.15, 0.2) is 5.65 Å². The van der Waals surface area contributed by atoms with E-state index in [0.29, 0.717) is 23.1 Å². The van der Waals surface area contributed by atoms with Crippen molar-refractivity contribution in [3.05, 3.63) is 54.9 Å². The summed E-state index contributed by atoms with van der Waals surface area (Å²) >= 11 is 0. The van der Waals surface area contributed by atoms with Crippen LogP contribution in [0.3, 0.4) is 0 Å². The molecule has 0 fully saturated rings. The van der Waals surface area contributed by atoms with Crippen LogP contribution in [0.1, 0.15) is 0 Å². The SMILES string of the molecule is COc1cccc(-n2ncc3cnc(Nc4ccc(OC)cc4OC)nc32)c1. The zero-order chi connectivity index (χ0) is 19.5. The zero-order valence-electron chi connectivity index (χ0n) is 15.7. The zero-order valence-corrected chi connectivity index (χ0v) is 15.7. The van der Waals surface area contributed by atoms with E-state index in [0.717, 1.165) is 22.5 Å². The van der Waals surface area contributed by atoms with Crippen LogP contribution >= 0.6 is 0 Å². The van der Waals surface area contributed by atoms with Crippen molar-refractivity contribution in [2.75, 3.05) is 26.6 Å². The van der Waals surface area contributed by atoms with Gasteiger partial charge in [-0.3, -0.25) is 0 Å². The first-order valence-electron chi connectivity index (χ1n) is 8.56. The van der Waals surface area contributed by atoms with Gasteiger partial charge in [0.2, 0.25) is 5.95 Å². The van der Waals surface area contributed by atoms with Crippen LogP contribution in [0.15, 0.2) is 54.9 Å². The molecule has 1 N–H and O–H groups in total. The largest absolute Gasteiger partial charge is 0.497 e. The highest BCUT2D eigenvalue weighted by Gasteiger charge is 2.11. The van der Waals surface area contributed by atoms with Crippen molar-refractivity contribution in [2.24, 2.45) is 0 Å². The van der Waals surface area contributed by atoms with E-state index in [4.69, 9.17) is 14.2 Å². The molecule has 0 aliphatic heterocycles. The van der Waals surface area contributed by atoms with Crippen molar-refractivity contribution in [3.8, 4) is 22.9 Å². The van der Waals surface area contributed by atoms with E-state index < -0.39 is 0 Å². The lowest BCUT2D eigenvalue weighted by Crippen LogP contribution is -2.02. The summed E-state index contributed by atoms with van der Waals surface area (Å²) < 4.78 is 17.7. The lowest BCUT2D eigenvalue weighted by molar-refractivity contribution is 0.395. The molecule has 4 rings (SSSR count). The Morgan fingerprint density at radius 1 is 0.893 bits per heavy atom. The second-order valence-electron chi connectivity index (χ2n) is 5.92. The van der Waals surface area contributed by atoms with Crippen LogP contribution in [0.4, 0.5) is 11.6 Å². The molecule has 0 spiro atoms. The Labute approximate surface area is 161 Å². The second-order valence-corrected chi connectivity index (χ2v) is 5.92. The summed E-state index contributed by atoms with van der Waals surface area (Å²) in [6.07, 6.45) is 3.46. The number of benzene rings is 2. The van der Waals surface area contributed by atoms with Crippen LogP contribution in [0.2, 0.25) is 0 Å². The number of hydrogen-bond acceptors (Lipinski definition) is 7. The Bertz CT molecular complexity index is 1130. The van der Waals surface area contributed by atoms with Gasteiger partial charge in [0.25, 0.3) is 0 Å². The molecule has 28 heavy (non-hydrogen) atoms. The van der Waals surface area contributed by atoms with Crippen LogP contribution in [0.5, 0.6) is 17.2 Å². The summed E-state index contributed by atoms with van der Waals surface area (Å²) in [7, 11) is 4.84. The molecule has 0 radical (unpaired) electrons. The Hall–Kier alpha value is -3.81. The van der Waals surface area contributed by atoms with Gasteiger partial charge in [-0.25, -0.2) is 9.67 Å². The molecule has 8 nitrogen and oxygen atoms in total. The molecule has 0 unspecified atom stereocenters. The van der Waals surface area contributed by atoms with Crippen molar-refractivity contribution in [1.29, 1.82) is 0 Å². The summed E-state index contributed by atoms with van der Waals surface area (Å²) in [5.41, 5.74) is 2.26. The van der Waals surface area contributed by atoms with Crippen molar-refractivity contribution in [3.63, 3.8) is 0 Å². The van der Waals surface area contributed by atoms with Gasteiger partial charge in [-0.2, -0.15) is 10.1 Å². The number of methoxy groups -OCH3 is 3. The quantitative estimate of drug-likeness (QED) is 0.550. The number of fused-ring (bicyclic) bond motifs is 1. The normalized spacial score (nSPS) is 10.7. The highest BCUT2D eigenvalue weighted by molar-refractivity contribution is 5.77. The highest BCUT2D eigenvalue weighted by atomic mass is 16.5. The van der Waals surface area contributed by atoms with Gasteiger partial charge in [-0.15, -0.1) is 0 Å². The molecule has 0 aliphatic carbocycles. The number of hydrogen-bond donors (Lipinski definition) is 1. The minimum Gasteiger partial charge on any atom is -0.497 e. The van der Waals surface area contributed by atoms with E-state index in [1.165, 1.54) is 0 Å². The summed E-state index contributed by atoms with van der Waals surface area (Å²) in [6.45, 7) is 0. The summed E-state index contributed by atoms with van der Waals surface area (Å²) in [4.78, 5) is 9.00. The minimum atomic E-state index is 0.431. The average Bonchev–Trinajstić information content (AvgIpc) is 3.17. The second kappa shape index (κ2) is 7.43. The van der Waals surface area contributed by atoms with Gasteiger partial charge >= 0.3 is 0 Å². The van der Waals surface area contributed by atoms with Gasteiger partial charge < -0.3 is 19.5 Å². The lowest BCUT2D eigenvalue weighted by atomic mass is 10.2. The van der Waals surface area contributed by atoms with Crippen molar-refractivity contribution >= 4 is 22.7 Å². The van der Waals surface area contributed by atoms with Crippen molar-refractivity contribution in [1.82, 2.24) is 19.7 Å². The molecular formula is C20H19N5O3. The third-order valence-electron chi connectivity index (χ3n) is 4.26. The molecule has 0 amide bonds. The molecule has 142 valence electrons. The minimum absolute atomic E-state index is 0.431. The van der Waals surface area contributed by atoms with Crippen LogP contribution in [0, 0.1) is 0 Å². The van der Waals surface area contributed by atoms with Crippen molar-refractivity contribution < 1.29 is 14.2 Å². The number of rotatable bonds is 6. The van der Waals surface area contributed by atoms with Crippen molar-refractivity contribution in [2.45, 2.75) is 0 Å². The van der Waals surface area contributed by atoms with Crippen LogP contribution in [-0.4, -0.2) is 41.1 Å². The van der Waals surface area contributed by atoms with Crippen LogP contribution in [-0.2, 0) is 0 Å². The number of anilines is 2. The fraction of sp³-hybridized carbons (Fsp3) is 0.150. The first kappa shape index (κ1) is 17.6. The van der Waals surface area contributed by atoms with Gasteiger partial charge in [0.1, 0.15) is 17.2 Å². The highest BCUT2D eigenvalue weighted by Crippen LogP contribution is 2.31. The lowest BCUT2D eigenvalue weighted by Gasteiger charge is -2.11. The molecule has 4 aromatic rings. The third kappa shape index (κ3) is 3.27. The Kier molecular flexibility index (Phi) is 4.67. The summed E-state index contributed by atoms with van der Waals surface area (Å²) in [5.74, 6) is 2.51. The van der Waals surface area contributed by atoms with E-state index in [-0.39, 0.29) is 0 Å². The Morgan fingerprint density at radius 2 is 1.71 bits per heavy atom. The monoisotopic (exact) mass is 377 g/mol. The Morgan fingerprint density at radius 3 is 2.50 bits per heavy atom. The molecule has 0 aliphatic rings. The number of nitrogens with zero attached hydrogens (tertiary/aromatic N) is 4. The van der Waals surface area contributed by atoms with Gasteiger partial charge in [0.05, 0.1) is 44.3 Å². The third-order valence-corrected chi connectivity index (χ3v) is 4.26. The topological polar surface area (TPSA) is 83.3 Å². The molecule has 0 bridgehead atoms. The predicted octanol–water partition coefficient (Wildman–Crippen LogP) is 3.58. The summed E-state index contributed by atoms with van der Waals surface area (Å²) in [6, 6.07) is 13.1. The maximum Gasteiger partial charge on any atom is 0.229 e. The van der Waals surface area contributed by atoms with E-state index >= 15 is 0 Å². The van der Waals surface area contributed by atoms with Crippen LogP contribution in [0.25, 0.3) is 16.7 Å². The molecule has 0 saturated carbocycles. The fourth-order valence-corrected chi connectivity index (χ4v) is 2.83. The molecular weight excluding hydrogens is 358 g/mol. The molecule has 8 heteroatoms. The van der Waals surface area contributed by atoms with E-state index in [1.54, 1.807) is 44.5 Å². The molecule has 2 aromatic heterocycles. The smallest absolute Gasteiger partial charge is 0.229 e. The predicted molar refractivity (Wildman–Crippen MR) is 106 cm³/mol. The molecule has 2 heterocycles. The first-order valence-corrected chi connectivity index (χ1v) is 8.56. The van der Waals surface area contributed by atoms with E-state index in [9.17, 15) is 0 Å². The van der Waals surface area contributed by atoms with Gasteiger partial charge in [-0.05, 0) is 24.3 Å². The fourth-order valence-electron chi connectivity index (χ4n) is 2.83. The number of aromatic nitrogens is 4. The number of nitrogens with one attached hydrogen (secondary N) is 1. The Balaban J connectivity index is 1.72. The standard InChI is InChI=1S/C20H19N5O3/c1-26-15-6-4-5-14(9-15)25-19-13(12-22-25)11-21-20(24-19)23-17-8-7-16(27-2)10-18(17)28-3/h4-12H,1-3H3,(H,21,23,24). The van der Waals surface area contributed by atoms with E-state index in [1.807, 2.05) is 36.4 Å². The van der Waals surface area contributed by atoms with Crippen LogP contribution < -0.4 is 19.5 Å². The van der Waals surface area contributed by atoms with E-state index in [2.05, 4.69) is 20.4 Å². The van der Waals surface area contributed by atoms with Gasteiger partial charge in [0, 0.05) is 18.3 Å². The summed E-state index contributed by atoms with van der Waals surface area (Å²) in [5, 5.41) is 8.45. The maximum absolute atomic E-state index is 5.42. The maximum atomic E-state index is 5.42. The molecule has 0 atom stereocenters. The molecule has 0 saturated heterocycles. The molecule has 2 aromatic carbocycles. The number of ether oxygens (including phenoxy) is 3. The first-order chi connectivity index (χ1) is 13.7.